The number of carbonyl (C=O) groups is 2. The van der Waals surface area contributed by atoms with Crippen LogP contribution in [-0.4, -0.2) is 25.6 Å². The Morgan fingerprint density at radius 3 is 2.57 bits per heavy atom. The van der Waals surface area contributed by atoms with E-state index in [-0.39, 0.29) is 5.82 Å². The molecule has 0 bridgehead atoms. The Morgan fingerprint density at radius 1 is 1.10 bits per heavy atom. The standard InChI is InChI=1S/C23H20FNO4S/c1-28-19-6-3-2-5-16(19)10-13-22(27)29-15-21(26)25-23(20-7-4-14-30-20)17-8-11-18(24)12-9-17/h2-14,23H,15H2,1H3,(H,25,26)/b13-10+. The van der Waals surface area contributed by atoms with Crippen LogP contribution in [0.3, 0.4) is 0 Å². The molecular weight excluding hydrogens is 405 g/mol. The molecule has 154 valence electrons. The van der Waals surface area contributed by atoms with E-state index in [1.54, 1.807) is 37.5 Å². The highest BCUT2D eigenvalue weighted by atomic mass is 32.1. The Balaban J connectivity index is 1.60. The fourth-order valence-corrected chi connectivity index (χ4v) is 3.58. The smallest absolute Gasteiger partial charge is 0.331 e. The second kappa shape index (κ2) is 10.4. The minimum atomic E-state index is -0.648. The number of ether oxygens (including phenoxy) is 2. The van der Waals surface area contributed by atoms with E-state index in [2.05, 4.69) is 5.32 Å². The van der Waals surface area contributed by atoms with Crippen molar-refractivity contribution in [1.82, 2.24) is 5.32 Å². The maximum absolute atomic E-state index is 13.3. The SMILES string of the molecule is COc1ccccc1/C=C/C(=O)OCC(=O)NC(c1ccc(F)cc1)c1cccs1. The summed E-state index contributed by atoms with van der Waals surface area (Å²) in [5.41, 5.74) is 1.45. The molecule has 3 rings (SSSR count). The Morgan fingerprint density at radius 2 is 1.87 bits per heavy atom. The van der Waals surface area contributed by atoms with Gasteiger partial charge in [0.1, 0.15) is 11.6 Å². The summed E-state index contributed by atoms with van der Waals surface area (Å²) in [7, 11) is 1.54. The predicted molar refractivity (Wildman–Crippen MR) is 114 cm³/mol. The molecule has 0 aliphatic rings. The lowest BCUT2D eigenvalue weighted by Crippen LogP contribution is -2.32. The average molecular weight is 425 g/mol. The van der Waals surface area contributed by atoms with Gasteiger partial charge in [0, 0.05) is 16.5 Å². The number of nitrogens with one attached hydrogen (secondary N) is 1. The third kappa shape index (κ3) is 5.78. The fraction of sp³-hybridized carbons (Fsp3) is 0.130. The highest BCUT2D eigenvalue weighted by molar-refractivity contribution is 7.10. The van der Waals surface area contributed by atoms with E-state index in [1.165, 1.54) is 29.5 Å². The van der Waals surface area contributed by atoms with Crippen LogP contribution in [0.1, 0.15) is 22.0 Å². The molecular formula is C23H20FNO4S. The maximum atomic E-state index is 13.3. The summed E-state index contributed by atoms with van der Waals surface area (Å²) < 4.78 is 23.5. The van der Waals surface area contributed by atoms with Crippen LogP contribution < -0.4 is 10.1 Å². The molecule has 0 saturated carbocycles. The lowest BCUT2D eigenvalue weighted by atomic mass is 10.1. The van der Waals surface area contributed by atoms with Gasteiger partial charge in [0.05, 0.1) is 13.2 Å². The first-order chi connectivity index (χ1) is 14.6. The molecule has 0 aliphatic heterocycles. The van der Waals surface area contributed by atoms with Gasteiger partial charge in [-0.3, -0.25) is 4.79 Å². The third-order valence-corrected chi connectivity index (χ3v) is 5.16. The van der Waals surface area contributed by atoms with Crippen molar-refractivity contribution >= 4 is 29.3 Å². The molecule has 0 saturated heterocycles. The predicted octanol–water partition coefficient (Wildman–Crippen LogP) is 4.36. The zero-order chi connectivity index (χ0) is 21.3. The van der Waals surface area contributed by atoms with E-state index in [4.69, 9.17) is 9.47 Å². The highest BCUT2D eigenvalue weighted by Gasteiger charge is 2.18. The first-order valence-electron chi connectivity index (χ1n) is 9.13. The average Bonchev–Trinajstić information content (AvgIpc) is 3.30. The Kier molecular flexibility index (Phi) is 7.34. The molecule has 1 N–H and O–H groups in total. The van der Waals surface area contributed by atoms with Crippen LogP contribution in [0.25, 0.3) is 6.08 Å². The van der Waals surface area contributed by atoms with Gasteiger partial charge in [0.25, 0.3) is 5.91 Å². The van der Waals surface area contributed by atoms with Gasteiger partial charge in [-0.2, -0.15) is 0 Å². The molecule has 0 aliphatic carbocycles. The molecule has 1 atom stereocenters. The summed E-state index contributed by atoms with van der Waals surface area (Å²) in [5.74, 6) is -0.842. The van der Waals surface area contributed by atoms with Crippen molar-refractivity contribution in [2.45, 2.75) is 6.04 Å². The molecule has 1 unspecified atom stereocenters. The largest absolute Gasteiger partial charge is 0.496 e. The molecule has 0 spiro atoms. The molecule has 30 heavy (non-hydrogen) atoms. The number of halogens is 1. The molecule has 1 amide bonds. The van der Waals surface area contributed by atoms with Crippen LogP contribution in [0, 0.1) is 5.82 Å². The molecule has 0 radical (unpaired) electrons. The van der Waals surface area contributed by atoms with Gasteiger partial charge < -0.3 is 14.8 Å². The number of para-hydroxylation sites is 1. The molecule has 1 heterocycles. The number of benzene rings is 2. The van der Waals surface area contributed by atoms with Gasteiger partial charge in [-0.1, -0.05) is 36.4 Å². The molecule has 2 aromatic carbocycles. The first-order valence-corrected chi connectivity index (χ1v) is 10.0. The van der Waals surface area contributed by atoms with Crippen LogP contribution in [0.2, 0.25) is 0 Å². The Hall–Kier alpha value is -3.45. The number of thiophene rings is 1. The quantitative estimate of drug-likeness (QED) is 0.430. The summed E-state index contributed by atoms with van der Waals surface area (Å²) >= 11 is 1.47. The summed E-state index contributed by atoms with van der Waals surface area (Å²) in [6.07, 6.45) is 2.80. The van der Waals surface area contributed by atoms with Gasteiger partial charge in [-0.15, -0.1) is 11.3 Å². The van der Waals surface area contributed by atoms with Gasteiger partial charge in [0.15, 0.2) is 6.61 Å². The molecule has 0 fully saturated rings. The van der Waals surface area contributed by atoms with Crippen molar-refractivity contribution in [3.8, 4) is 5.75 Å². The first kappa shape index (κ1) is 21.3. The summed E-state index contributed by atoms with van der Waals surface area (Å²) in [4.78, 5) is 25.2. The van der Waals surface area contributed by atoms with E-state index in [0.717, 1.165) is 16.0 Å². The van der Waals surface area contributed by atoms with Crippen LogP contribution in [-0.2, 0) is 14.3 Å². The Labute approximate surface area is 177 Å². The van der Waals surface area contributed by atoms with E-state index in [9.17, 15) is 14.0 Å². The fourth-order valence-electron chi connectivity index (χ4n) is 2.78. The lowest BCUT2D eigenvalue weighted by molar-refractivity contribution is -0.143. The zero-order valence-electron chi connectivity index (χ0n) is 16.2. The molecule has 3 aromatic rings. The van der Waals surface area contributed by atoms with Crippen molar-refractivity contribution < 1.29 is 23.5 Å². The van der Waals surface area contributed by atoms with E-state index < -0.39 is 24.5 Å². The van der Waals surface area contributed by atoms with Crippen molar-refractivity contribution in [3.63, 3.8) is 0 Å². The number of hydrogen-bond donors (Lipinski definition) is 1. The third-order valence-electron chi connectivity index (χ3n) is 4.22. The van der Waals surface area contributed by atoms with Crippen LogP contribution >= 0.6 is 11.3 Å². The lowest BCUT2D eigenvalue weighted by Gasteiger charge is -2.18. The molecule has 1 aromatic heterocycles. The Bertz CT molecular complexity index is 1020. The highest BCUT2D eigenvalue weighted by Crippen LogP contribution is 2.26. The minimum Gasteiger partial charge on any atom is -0.496 e. The minimum absolute atomic E-state index is 0.356. The second-order valence-electron chi connectivity index (χ2n) is 6.25. The second-order valence-corrected chi connectivity index (χ2v) is 7.23. The van der Waals surface area contributed by atoms with E-state index >= 15 is 0 Å². The van der Waals surface area contributed by atoms with Crippen molar-refractivity contribution in [1.29, 1.82) is 0 Å². The van der Waals surface area contributed by atoms with E-state index in [1.807, 2.05) is 29.6 Å². The molecule has 5 nitrogen and oxygen atoms in total. The van der Waals surface area contributed by atoms with Gasteiger partial charge >= 0.3 is 5.97 Å². The molecule has 7 heteroatoms. The van der Waals surface area contributed by atoms with Crippen molar-refractivity contribution in [2.75, 3.05) is 13.7 Å². The summed E-state index contributed by atoms with van der Waals surface area (Å²) in [6.45, 7) is -0.432. The maximum Gasteiger partial charge on any atom is 0.331 e. The van der Waals surface area contributed by atoms with Crippen LogP contribution in [0.5, 0.6) is 5.75 Å². The zero-order valence-corrected chi connectivity index (χ0v) is 17.0. The van der Waals surface area contributed by atoms with Crippen molar-refractivity contribution in [2.24, 2.45) is 0 Å². The summed E-state index contributed by atoms with van der Waals surface area (Å²) in [5, 5.41) is 4.72. The topological polar surface area (TPSA) is 64.6 Å². The number of amides is 1. The van der Waals surface area contributed by atoms with Crippen LogP contribution in [0.4, 0.5) is 4.39 Å². The van der Waals surface area contributed by atoms with E-state index in [0.29, 0.717) is 5.75 Å². The normalized spacial score (nSPS) is 11.8. The van der Waals surface area contributed by atoms with Gasteiger partial charge in [-0.05, 0) is 41.3 Å². The van der Waals surface area contributed by atoms with Gasteiger partial charge in [0.2, 0.25) is 0 Å². The number of rotatable bonds is 8. The monoisotopic (exact) mass is 425 g/mol. The number of methoxy groups -OCH3 is 1. The summed E-state index contributed by atoms with van der Waals surface area (Å²) in [6, 6.07) is 16.4. The number of carbonyl (C=O) groups excluding carboxylic acids is 2. The van der Waals surface area contributed by atoms with Crippen LogP contribution in [0.15, 0.2) is 72.1 Å². The number of hydrogen-bond acceptors (Lipinski definition) is 5. The van der Waals surface area contributed by atoms with Gasteiger partial charge in [-0.25, -0.2) is 9.18 Å². The number of esters is 1. The van der Waals surface area contributed by atoms with Crippen molar-refractivity contribution in [3.05, 3.63) is 93.9 Å².